The third kappa shape index (κ3) is 2.87. The number of aryl methyl sites for hydroxylation is 2. The van der Waals surface area contributed by atoms with Gasteiger partial charge in [-0.2, -0.15) is 0 Å². The molecule has 1 N–H and O–H groups in total. The molecule has 3 nitrogen and oxygen atoms in total. The summed E-state index contributed by atoms with van der Waals surface area (Å²) in [4.78, 5) is 0.519. The first kappa shape index (κ1) is 14.2. The molecule has 1 rings (SSSR count). The van der Waals surface area contributed by atoms with Gasteiger partial charge in [0.15, 0.2) is 9.84 Å². The Labute approximate surface area is 104 Å². The predicted octanol–water partition coefficient (Wildman–Crippen LogP) is 1.91. The minimum atomic E-state index is -3.19. The first-order chi connectivity index (χ1) is 7.81. The van der Waals surface area contributed by atoms with Crippen LogP contribution in [0.25, 0.3) is 0 Å². The maximum atomic E-state index is 12.3. The van der Waals surface area contributed by atoms with Crippen LogP contribution in [0.2, 0.25) is 0 Å². The number of rotatable bonds is 4. The SMILES string of the molecule is CNCCS(=O)(=O)c1c(C)c(C)cc(C)c1C. The highest BCUT2D eigenvalue weighted by molar-refractivity contribution is 7.91. The molecule has 0 aliphatic rings. The quantitative estimate of drug-likeness (QED) is 0.894. The van der Waals surface area contributed by atoms with Crippen molar-refractivity contribution >= 4 is 9.84 Å². The molecule has 0 radical (unpaired) electrons. The summed E-state index contributed by atoms with van der Waals surface area (Å²) in [6.45, 7) is 8.16. The van der Waals surface area contributed by atoms with Crippen LogP contribution in [0.5, 0.6) is 0 Å². The van der Waals surface area contributed by atoms with E-state index in [0.717, 1.165) is 22.3 Å². The molecule has 0 fully saturated rings. The van der Waals surface area contributed by atoms with Crippen molar-refractivity contribution in [3.05, 3.63) is 28.3 Å². The largest absolute Gasteiger partial charge is 0.319 e. The van der Waals surface area contributed by atoms with Crippen LogP contribution in [0.15, 0.2) is 11.0 Å². The Morgan fingerprint density at radius 3 is 1.94 bits per heavy atom. The Hall–Kier alpha value is -0.870. The van der Waals surface area contributed by atoms with Crippen molar-refractivity contribution in [1.29, 1.82) is 0 Å². The summed E-state index contributed by atoms with van der Waals surface area (Å²) in [7, 11) is -1.43. The van der Waals surface area contributed by atoms with Crippen LogP contribution in [0.1, 0.15) is 22.3 Å². The molecule has 0 atom stereocenters. The second-order valence-electron chi connectivity index (χ2n) is 4.51. The molecule has 0 aliphatic heterocycles. The maximum Gasteiger partial charge on any atom is 0.180 e. The summed E-state index contributed by atoms with van der Waals surface area (Å²) < 4.78 is 24.6. The van der Waals surface area contributed by atoms with Crippen molar-refractivity contribution in [1.82, 2.24) is 5.32 Å². The van der Waals surface area contributed by atoms with Crippen LogP contribution in [0, 0.1) is 27.7 Å². The maximum absolute atomic E-state index is 12.3. The normalized spacial score (nSPS) is 11.8. The van der Waals surface area contributed by atoms with E-state index < -0.39 is 9.84 Å². The van der Waals surface area contributed by atoms with Gasteiger partial charge in [0.25, 0.3) is 0 Å². The van der Waals surface area contributed by atoms with Crippen molar-refractivity contribution in [2.75, 3.05) is 19.3 Å². The van der Waals surface area contributed by atoms with Crippen molar-refractivity contribution in [2.45, 2.75) is 32.6 Å². The summed E-state index contributed by atoms with van der Waals surface area (Å²) in [5.74, 6) is 0.147. The number of benzene rings is 1. The van der Waals surface area contributed by atoms with Gasteiger partial charge in [0.2, 0.25) is 0 Å². The molecule has 96 valence electrons. The lowest BCUT2D eigenvalue weighted by molar-refractivity contribution is 0.592. The van der Waals surface area contributed by atoms with Gasteiger partial charge >= 0.3 is 0 Å². The van der Waals surface area contributed by atoms with Crippen LogP contribution in [-0.2, 0) is 9.84 Å². The van der Waals surface area contributed by atoms with E-state index in [1.165, 1.54) is 0 Å². The van der Waals surface area contributed by atoms with E-state index >= 15 is 0 Å². The molecular formula is C13H21NO2S. The summed E-state index contributed by atoms with van der Waals surface area (Å²) in [6.07, 6.45) is 0. The van der Waals surface area contributed by atoms with Crippen molar-refractivity contribution in [3.63, 3.8) is 0 Å². The molecule has 1 aromatic rings. The molecule has 1 aromatic carbocycles. The van der Waals surface area contributed by atoms with Crippen LogP contribution in [0.4, 0.5) is 0 Å². The molecule has 0 heterocycles. The molecule has 0 saturated heterocycles. The highest BCUT2D eigenvalue weighted by Crippen LogP contribution is 2.26. The average Bonchev–Trinajstić information content (AvgIpc) is 2.24. The molecule has 17 heavy (non-hydrogen) atoms. The van der Waals surface area contributed by atoms with Gasteiger partial charge < -0.3 is 5.32 Å². The van der Waals surface area contributed by atoms with E-state index in [1.807, 2.05) is 33.8 Å². The molecule has 4 heteroatoms. The zero-order valence-electron chi connectivity index (χ0n) is 11.2. The van der Waals surface area contributed by atoms with Gasteiger partial charge in [-0.25, -0.2) is 8.42 Å². The fourth-order valence-electron chi connectivity index (χ4n) is 1.99. The zero-order chi connectivity index (χ0) is 13.2. The fraction of sp³-hybridized carbons (Fsp3) is 0.538. The molecular weight excluding hydrogens is 234 g/mol. The second kappa shape index (κ2) is 5.19. The topological polar surface area (TPSA) is 46.2 Å². The highest BCUT2D eigenvalue weighted by atomic mass is 32.2. The Morgan fingerprint density at radius 1 is 1.06 bits per heavy atom. The number of sulfone groups is 1. The van der Waals surface area contributed by atoms with Gasteiger partial charge in [0.1, 0.15) is 0 Å². The van der Waals surface area contributed by atoms with E-state index in [1.54, 1.807) is 7.05 Å². The minimum Gasteiger partial charge on any atom is -0.319 e. The third-order valence-corrected chi connectivity index (χ3v) is 5.20. The third-order valence-electron chi connectivity index (χ3n) is 3.23. The lowest BCUT2D eigenvalue weighted by atomic mass is 10.0. The van der Waals surface area contributed by atoms with Gasteiger partial charge in [0, 0.05) is 6.54 Å². The monoisotopic (exact) mass is 255 g/mol. The van der Waals surface area contributed by atoms with E-state index in [9.17, 15) is 8.42 Å². The Bertz CT molecular complexity index is 492. The number of nitrogens with one attached hydrogen (secondary N) is 1. The van der Waals surface area contributed by atoms with Gasteiger partial charge in [-0.05, 0) is 57.0 Å². The van der Waals surface area contributed by atoms with Crippen LogP contribution < -0.4 is 5.32 Å². The highest BCUT2D eigenvalue weighted by Gasteiger charge is 2.21. The fourth-order valence-corrected chi connectivity index (χ4v) is 3.92. The first-order valence-electron chi connectivity index (χ1n) is 5.76. The van der Waals surface area contributed by atoms with Gasteiger partial charge in [-0.15, -0.1) is 0 Å². The molecule has 0 bridgehead atoms. The Kier molecular flexibility index (Phi) is 4.33. The van der Waals surface area contributed by atoms with Crippen LogP contribution in [0.3, 0.4) is 0 Å². The van der Waals surface area contributed by atoms with Gasteiger partial charge in [-0.3, -0.25) is 0 Å². The molecule has 0 amide bonds. The Balaban J connectivity index is 3.40. The van der Waals surface area contributed by atoms with Crippen molar-refractivity contribution in [3.8, 4) is 0 Å². The van der Waals surface area contributed by atoms with Crippen molar-refractivity contribution in [2.24, 2.45) is 0 Å². The lowest BCUT2D eigenvalue weighted by Gasteiger charge is -2.15. The Morgan fingerprint density at radius 2 is 1.53 bits per heavy atom. The molecule has 0 unspecified atom stereocenters. The number of hydrogen-bond acceptors (Lipinski definition) is 3. The van der Waals surface area contributed by atoms with Gasteiger partial charge in [0.05, 0.1) is 10.6 Å². The van der Waals surface area contributed by atoms with Crippen molar-refractivity contribution < 1.29 is 8.42 Å². The molecule has 0 saturated carbocycles. The predicted molar refractivity (Wildman–Crippen MR) is 71.4 cm³/mol. The average molecular weight is 255 g/mol. The minimum absolute atomic E-state index is 0.147. The number of hydrogen-bond donors (Lipinski definition) is 1. The molecule has 0 spiro atoms. The smallest absolute Gasteiger partial charge is 0.180 e. The molecule has 0 aliphatic carbocycles. The van der Waals surface area contributed by atoms with E-state index in [0.29, 0.717) is 11.4 Å². The summed E-state index contributed by atoms with van der Waals surface area (Å²) in [5, 5.41) is 2.88. The van der Waals surface area contributed by atoms with Crippen LogP contribution in [-0.4, -0.2) is 27.8 Å². The summed E-state index contributed by atoms with van der Waals surface area (Å²) in [6, 6.07) is 2.04. The van der Waals surface area contributed by atoms with Gasteiger partial charge in [-0.1, -0.05) is 6.07 Å². The molecule has 0 aromatic heterocycles. The summed E-state index contributed by atoms with van der Waals surface area (Å²) >= 11 is 0. The zero-order valence-corrected chi connectivity index (χ0v) is 12.0. The first-order valence-corrected chi connectivity index (χ1v) is 7.41. The standard InChI is InChI=1S/C13H21NO2S/c1-9-8-10(2)12(4)13(11(9)3)17(15,16)7-6-14-5/h8,14H,6-7H2,1-5H3. The second-order valence-corrected chi connectivity index (χ2v) is 6.56. The van der Waals surface area contributed by atoms with E-state index in [2.05, 4.69) is 5.32 Å². The summed E-state index contributed by atoms with van der Waals surface area (Å²) in [5.41, 5.74) is 3.83. The lowest BCUT2D eigenvalue weighted by Crippen LogP contribution is -2.21. The van der Waals surface area contributed by atoms with E-state index in [-0.39, 0.29) is 5.75 Å². The van der Waals surface area contributed by atoms with Crippen LogP contribution >= 0.6 is 0 Å². The van der Waals surface area contributed by atoms with E-state index in [4.69, 9.17) is 0 Å².